The van der Waals surface area contributed by atoms with Gasteiger partial charge >= 0.3 is 0 Å². The summed E-state index contributed by atoms with van der Waals surface area (Å²) in [6.07, 6.45) is 2.97. The summed E-state index contributed by atoms with van der Waals surface area (Å²) in [6, 6.07) is -0.487. The largest absolute Gasteiger partial charge is 0.388 e. The van der Waals surface area contributed by atoms with Crippen molar-refractivity contribution >= 4 is 23.0 Å². The second kappa shape index (κ2) is 6.34. The molecule has 16 heavy (non-hydrogen) atoms. The summed E-state index contributed by atoms with van der Waals surface area (Å²) in [4.78, 5) is 19.7. The van der Waals surface area contributed by atoms with Gasteiger partial charge in [-0.3, -0.25) is 9.79 Å². The van der Waals surface area contributed by atoms with Crippen LogP contribution in [0.5, 0.6) is 0 Å². The molecule has 6 heteroatoms. The van der Waals surface area contributed by atoms with Crippen molar-refractivity contribution in [3.63, 3.8) is 0 Å². The van der Waals surface area contributed by atoms with E-state index in [2.05, 4.69) is 9.98 Å². The lowest BCUT2D eigenvalue weighted by Gasteiger charge is -2.07. The maximum Gasteiger partial charge on any atom is 0.207 e. The number of nitrogens with two attached hydrogens (primary N) is 2. The summed E-state index contributed by atoms with van der Waals surface area (Å²) in [5, 5.41) is 2.24. The molecule has 88 valence electrons. The molecule has 5 nitrogen and oxygen atoms in total. The highest BCUT2D eigenvalue weighted by Crippen LogP contribution is 2.09. The SMILES string of the molecule is CC(N)=NCCCC(N)C(=O)c1nccs1. The van der Waals surface area contributed by atoms with Crippen molar-refractivity contribution in [1.82, 2.24) is 4.98 Å². The van der Waals surface area contributed by atoms with E-state index in [4.69, 9.17) is 11.5 Å². The van der Waals surface area contributed by atoms with Crippen LogP contribution >= 0.6 is 11.3 Å². The molecule has 1 atom stereocenters. The van der Waals surface area contributed by atoms with Crippen LogP contribution in [-0.4, -0.2) is 29.2 Å². The van der Waals surface area contributed by atoms with Gasteiger partial charge in [0.15, 0.2) is 5.01 Å². The van der Waals surface area contributed by atoms with Gasteiger partial charge in [-0.1, -0.05) is 0 Å². The maximum absolute atomic E-state index is 11.7. The molecule has 0 fully saturated rings. The average molecular weight is 240 g/mol. The number of hydrogen-bond acceptors (Lipinski definition) is 5. The molecule has 1 aromatic rings. The van der Waals surface area contributed by atoms with Crippen molar-refractivity contribution in [3.05, 3.63) is 16.6 Å². The number of carbonyl (C=O) groups is 1. The van der Waals surface area contributed by atoms with E-state index >= 15 is 0 Å². The minimum atomic E-state index is -0.487. The summed E-state index contributed by atoms with van der Waals surface area (Å²) >= 11 is 1.32. The number of Topliss-reactive ketones (excluding diaryl/α,β-unsaturated/α-hetero) is 1. The Morgan fingerprint density at radius 2 is 2.44 bits per heavy atom. The highest BCUT2D eigenvalue weighted by atomic mass is 32.1. The van der Waals surface area contributed by atoms with Gasteiger partial charge in [-0.2, -0.15) is 0 Å². The van der Waals surface area contributed by atoms with Gasteiger partial charge in [-0.05, 0) is 19.8 Å². The summed E-state index contributed by atoms with van der Waals surface area (Å²) < 4.78 is 0. The van der Waals surface area contributed by atoms with Gasteiger partial charge in [-0.25, -0.2) is 4.98 Å². The van der Waals surface area contributed by atoms with Crippen molar-refractivity contribution in [1.29, 1.82) is 0 Å². The quantitative estimate of drug-likeness (QED) is 0.333. The van der Waals surface area contributed by atoms with Crippen LogP contribution in [0.1, 0.15) is 29.6 Å². The second-order valence-corrected chi connectivity index (χ2v) is 4.37. The number of ketones is 1. The fourth-order valence-electron chi connectivity index (χ4n) is 1.20. The first-order chi connectivity index (χ1) is 7.61. The monoisotopic (exact) mass is 240 g/mol. The van der Waals surface area contributed by atoms with Crippen molar-refractivity contribution in [2.75, 3.05) is 6.54 Å². The fraction of sp³-hybridized carbons (Fsp3) is 0.500. The molecule has 0 bridgehead atoms. The minimum Gasteiger partial charge on any atom is -0.388 e. The van der Waals surface area contributed by atoms with Crippen LogP contribution in [0.2, 0.25) is 0 Å². The standard InChI is InChI=1S/C10H16N4OS/c1-7(11)13-4-2-3-8(12)9(15)10-14-5-6-16-10/h5-6,8H,2-4,12H2,1H3,(H2,11,13). The summed E-state index contributed by atoms with van der Waals surface area (Å²) in [5.74, 6) is 0.461. The molecule has 0 spiro atoms. The second-order valence-electron chi connectivity index (χ2n) is 3.47. The summed E-state index contributed by atoms with van der Waals surface area (Å²) in [5.41, 5.74) is 11.2. The molecule has 0 aliphatic heterocycles. The molecule has 1 unspecified atom stereocenters. The van der Waals surface area contributed by atoms with Crippen LogP contribution in [0.25, 0.3) is 0 Å². The van der Waals surface area contributed by atoms with E-state index in [1.54, 1.807) is 18.5 Å². The predicted molar refractivity (Wildman–Crippen MR) is 65.8 cm³/mol. The van der Waals surface area contributed by atoms with Gasteiger partial charge in [0.25, 0.3) is 0 Å². The highest BCUT2D eigenvalue weighted by molar-refractivity contribution is 7.11. The number of rotatable bonds is 6. The Bertz CT molecular complexity index is 357. The van der Waals surface area contributed by atoms with E-state index in [0.717, 1.165) is 6.42 Å². The molecule has 0 saturated heterocycles. The Labute approximate surface area is 98.6 Å². The van der Waals surface area contributed by atoms with E-state index in [1.165, 1.54) is 11.3 Å². The van der Waals surface area contributed by atoms with Gasteiger partial charge < -0.3 is 11.5 Å². The van der Waals surface area contributed by atoms with Gasteiger partial charge in [0.1, 0.15) is 0 Å². The molecule has 0 aliphatic carbocycles. The molecule has 0 amide bonds. The summed E-state index contributed by atoms with van der Waals surface area (Å²) in [6.45, 7) is 2.35. The van der Waals surface area contributed by atoms with Crippen molar-refractivity contribution < 1.29 is 4.79 Å². The van der Waals surface area contributed by atoms with Crippen LogP contribution in [0.15, 0.2) is 16.6 Å². The van der Waals surface area contributed by atoms with Crippen molar-refractivity contribution in [3.8, 4) is 0 Å². The number of aliphatic imine (C=N–C) groups is 1. The number of amidine groups is 1. The smallest absolute Gasteiger partial charge is 0.207 e. The van der Waals surface area contributed by atoms with Crippen LogP contribution in [0.3, 0.4) is 0 Å². The maximum atomic E-state index is 11.7. The molecular formula is C10H16N4OS. The zero-order chi connectivity index (χ0) is 12.0. The highest BCUT2D eigenvalue weighted by Gasteiger charge is 2.17. The Kier molecular flexibility index (Phi) is 5.07. The number of nitrogens with zero attached hydrogens (tertiary/aromatic N) is 2. The first kappa shape index (κ1) is 12.8. The van der Waals surface area contributed by atoms with Crippen LogP contribution in [-0.2, 0) is 0 Å². The lowest BCUT2D eigenvalue weighted by atomic mass is 10.1. The van der Waals surface area contributed by atoms with E-state index in [0.29, 0.717) is 23.8 Å². The molecule has 0 radical (unpaired) electrons. The Morgan fingerprint density at radius 3 is 3.00 bits per heavy atom. The van der Waals surface area contributed by atoms with E-state index in [9.17, 15) is 4.79 Å². The Hall–Kier alpha value is -1.27. The lowest BCUT2D eigenvalue weighted by molar-refractivity contribution is 0.0956. The normalized spacial score (nSPS) is 13.8. The van der Waals surface area contributed by atoms with Crippen molar-refractivity contribution in [2.45, 2.75) is 25.8 Å². The molecule has 4 N–H and O–H groups in total. The van der Waals surface area contributed by atoms with E-state index in [-0.39, 0.29) is 5.78 Å². The van der Waals surface area contributed by atoms with Crippen molar-refractivity contribution in [2.24, 2.45) is 16.5 Å². The number of thiazole rings is 1. The van der Waals surface area contributed by atoms with E-state index < -0.39 is 6.04 Å². The Balaban J connectivity index is 2.33. The summed E-state index contributed by atoms with van der Waals surface area (Å²) in [7, 11) is 0. The van der Waals surface area contributed by atoms with Crippen LogP contribution in [0.4, 0.5) is 0 Å². The third-order valence-electron chi connectivity index (χ3n) is 2.01. The molecule has 0 aliphatic rings. The molecule has 1 rings (SSSR count). The third-order valence-corrected chi connectivity index (χ3v) is 2.80. The number of carbonyl (C=O) groups excluding carboxylic acids is 1. The van der Waals surface area contributed by atoms with Gasteiger partial charge in [0, 0.05) is 18.1 Å². The van der Waals surface area contributed by atoms with Gasteiger partial charge in [0.2, 0.25) is 5.78 Å². The molecule has 1 heterocycles. The lowest BCUT2D eigenvalue weighted by Crippen LogP contribution is -2.30. The third kappa shape index (κ3) is 4.08. The molecule has 0 saturated carbocycles. The predicted octanol–water partition coefficient (Wildman–Crippen LogP) is 0.810. The minimum absolute atomic E-state index is 0.0940. The first-order valence-corrected chi connectivity index (χ1v) is 5.95. The fourth-order valence-corrected chi connectivity index (χ4v) is 1.84. The number of aromatic nitrogens is 1. The van der Waals surface area contributed by atoms with Gasteiger partial charge in [-0.15, -0.1) is 11.3 Å². The van der Waals surface area contributed by atoms with E-state index in [1.807, 2.05) is 0 Å². The molecular weight excluding hydrogens is 224 g/mol. The van der Waals surface area contributed by atoms with Gasteiger partial charge in [0.05, 0.1) is 11.9 Å². The first-order valence-electron chi connectivity index (χ1n) is 5.07. The van der Waals surface area contributed by atoms with Crippen LogP contribution < -0.4 is 11.5 Å². The molecule has 1 aromatic heterocycles. The topological polar surface area (TPSA) is 94.4 Å². The Morgan fingerprint density at radius 1 is 1.69 bits per heavy atom. The number of hydrogen-bond donors (Lipinski definition) is 2. The van der Waals surface area contributed by atoms with Crippen LogP contribution in [0, 0.1) is 0 Å². The zero-order valence-corrected chi connectivity index (χ0v) is 10.0. The average Bonchev–Trinajstić information content (AvgIpc) is 2.76. The molecule has 0 aromatic carbocycles. The zero-order valence-electron chi connectivity index (χ0n) is 9.22.